The molecule has 0 spiro atoms. The van der Waals surface area contributed by atoms with Crippen molar-refractivity contribution in [2.24, 2.45) is 0 Å². The van der Waals surface area contributed by atoms with Crippen LogP contribution in [0, 0.1) is 6.92 Å². The maximum atomic E-state index is 12.1. The highest BCUT2D eigenvalue weighted by atomic mass is 35.5. The molecule has 7 heteroatoms. The van der Waals surface area contributed by atoms with Crippen LogP contribution >= 0.6 is 11.6 Å². The Kier molecular flexibility index (Phi) is 4.24. The van der Waals surface area contributed by atoms with Crippen molar-refractivity contribution in [1.29, 1.82) is 0 Å². The fourth-order valence-corrected chi connectivity index (χ4v) is 3.02. The van der Waals surface area contributed by atoms with Crippen LogP contribution in [0.3, 0.4) is 0 Å². The molecule has 0 fully saturated rings. The predicted octanol–water partition coefficient (Wildman–Crippen LogP) is 2.34. The summed E-state index contributed by atoms with van der Waals surface area (Å²) in [4.78, 5) is 24.1. The Morgan fingerprint density at radius 1 is 1.33 bits per heavy atom. The number of carbonyl (C=O) groups is 2. The first-order chi connectivity index (χ1) is 11.5. The third-order valence-corrected chi connectivity index (χ3v) is 4.33. The van der Waals surface area contributed by atoms with Gasteiger partial charge in [0.2, 0.25) is 5.76 Å². The van der Waals surface area contributed by atoms with Crippen molar-refractivity contribution in [3.63, 3.8) is 0 Å². The first-order valence-corrected chi connectivity index (χ1v) is 7.55. The maximum absolute atomic E-state index is 12.1. The molecule has 0 radical (unpaired) electrons. The van der Waals surface area contributed by atoms with E-state index in [4.69, 9.17) is 30.5 Å². The second-order valence-corrected chi connectivity index (χ2v) is 5.73. The molecule has 2 aliphatic heterocycles. The summed E-state index contributed by atoms with van der Waals surface area (Å²) in [5, 5.41) is 0.386. The zero-order valence-corrected chi connectivity index (χ0v) is 14.1. The zero-order chi connectivity index (χ0) is 17.4. The van der Waals surface area contributed by atoms with Gasteiger partial charge < -0.3 is 18.9 Å². The van der Waals surface area contributed by atoms with Crippen LogP contribution in [-0.2, 0) is 23.8 Å². The summed E-state index contributed by atoms with van der Waals surface area (Å²) < 4.78 is 20.7. The third-order valence-electron chi connectivity index (χ3n) is 3.88. The van der Waals surface area contributed by atoms with Crippen LogP contribution in [0.15, 0.2) is 35.1 Å². The molecule has 24 heavy (non-hydrogen) atoms. The van der Waals surface area contributed by atoms with Crippen molar-refractivity contribution < 1.29 is 28.5 Å². The third kappa shape index (κ3) is 2.53. The van der Waals surface area contributed by atoms with Crippen LogP contribution in [0.5, 0.6) is 5.75 Å². The molecule has 6 nitrogen and oxygen atoms in total. The van der Waals surface area contributed by atoms with Crippen LogP contribution in [0.1, 0.15) is 11.1 Å². The fraction of sp³-hybridized carbons (Fsp3) is 0.294. The average molecular weight is 351 g/mol. The van der Waals surface area contributed by atoms with Crippen molar-refractivity contribution in [2.45, 2.75) is 13.0 Å². The molecular formula is C17H15ClO6. The molecule has 2 aliphatic rings. The van der Waals surface area contributed by atoms with Gasteiger partial charge in [0, 0.05) is 11.1 Å². The van der Waals surface area contributed by atoms with Gasteiger partial charge in [-0.05, 0) is 19.1 Å². The van der Waals surface area contributed by atoms with Crippen molar-refractivity contribution in [3.05, 3.63) is 46.2 Å². The van der Waals surface area contributed by atoms with Crippen LogP contribution in [0.2, 0.25) is 0 Å². The minimum Gasteiger partial charge on any atom is -0.489 e. The van der Waals surface area contributed by atoms with E-state index in [9.17, 15) is 9.59 Å². The number of carbonyl (C=O) groups excluding carboxylic acids is 2. The summed E-state index contributed by atoms with van der Waals surface area (Å²) >= 11 is 6.51. The summed E-state index contributed by atoms with van der Waals surface area (Å²) in [6.45, 7) is 2.02. The van der Waals surface area contributed by atoms with E-state index in [1.54, 1.807) is 0 Å². The summed E-state index contributed by atoms with van der Waals surface area (Å²) in [7, 11) is 2.50. The number of cyclic esters (lactones) is 1. The van der Waals surface area contributed by atoms with Crippen LogP contribution < -0.4 is 4.74 Å². The van der Waals surface area contributed by atoms with E-state index in [2.05, 4.69) is 0 Å². The minimum absolute atomic E-state index is 0.0159. The number of fused-ring (bicyclic) bond motifs is 1. The Hall–Kier alpha value is -2.47. The lowest BCUT2D eigenvalue weighted by molar-refractivity contribution is -0.141. The van der Waals surface area contributed by atoms with Gasteiger partial charge in [0.1, 0.15) is 17.9 Å². The molecule has 0 saturated carbocycles. The summed E-state index contributed by atoms with van der Waals surface area (Å²) in [6, 6.07) is 5.60. The fourth-order valence-electron chi connectivity index (χ4n) is 2.72. The maximum Gasteiger partial charge on any atom is 0.375 e. The highest BCUT2D eigenvalue weighted by molar-refractivity contribution is 6.50. The molecule has 1 aromatic rings. The second kappa shape index (κ2) is 6.20. The van der Waals surface area contributed by atoms with Crippen LogP contribution in [0.4, 0.5) is 0 Å². The number of halogens is 1. The van der Waals surface area contributed by atoms with Gasteiger partial charge in [-0.2, -0.15) is 0 Å². The molecule has 1 aromatic carbocycles. The topological polar surface area (TPSA) is 71.1 Å². The molecule has 0 aromatic heterocycles. The van der Waals surface area contributed by atoms with Gasteiger partial charge in [-0.25, -0.2) is 9.59 Å². The first-order valence-electron chi connectivity index (χ1n) is 7.17. The van der Waals surface area contributed by atoms with Crippen molar-refractivity contribution >= 4 is 28.6 Å². The Labute approximate surface area is 143 Å². The molecule has 0 bridgehead atoms. The molecule has 1 atom stereocenters. The van der Waals surface area contributed by atoms with E-state index < -0.39 is 18.0 Å². The molecular weight excluding hydrogens is 336 g/mol. The largest absolute Gasteiger partial charge is 0.489 e. The molecule has 1 unspecified atom stereocenters. The Morgan fingerprint density at radius 3 is 2.75 bits per heavy atom. The lowest BCUT2D eigenvalue weighted by Gasteiger charge is -2.24. The van der Waals surface area contributed by atoms with E-state index in [-0.39, 0.29) is 17.9 Å². The summed E-state index contributed by atoms with van der Waals surface area (Å²) in [5.74, 6) is -1.00. The number of aryl methyl sites for hydroxylation is 1. The molecule has 2 heterocycles. The first kappa shape index (κ1) is 16.4. The SMILES string of the molecule is COC(=O)C1=C(OC)C(=O)OC1C1=C(Cl)c2cc(C)ccc2OC1. The number of rotatable bonds is 3. The highest BCUT2D eigenvalue weighted by Gasteiger charge is 2.44. The molecule has 0 aliphatic carbocycles. The van der Waals surface area contributed by atoms with Crippen molar-refractivity contribution in [3.8, 4) is 5.75 Å². The van der Waals surface area contributed by atoms with E-state index in [1.807, 2.05) is 25.1 Å². The van der Waals surface area contributed by atoms with E-state index in [0.29, 0.717) is 21.9 Å². The monoisotopic (exact) mass is 350 g/mol. The van der Waals surface area contributed by atoms with Gasteiger partial charge in [0.25, 0.3) is 0 Å². The van der Waals surface area contributed by atoms with Gasteiger partial charge in [0.15, 0.2) is 6.10 Å². The Bertz CT molecular complexity index is 792. The van der Waals surface area contributed by atoms with Crippen LogP contribution in [0.25, 0.3) is 5.03 Å². The second-order valence-electron chi connectivity index (χ2n) is 5.35. The number of hydrogen-bond acceptors (Lipinski definition) is 6. The smallest absolute Gasteiger partial charge is 0.375 e. The molecule has 0 saturated heterocycles. The minimum atomic E-state index is -0.999. The summed E-state index contributed by atoms with van der Waals surface area (Å²) in [6.07, 6.45) is -0.999. The van der Waals surface area contributed by atoms with Crippen molar-refractivity contribution in [2.75, 3.05) is 20.8 Å². The van der Waals surface area contributed by atoms with Crippen LogP contribution in [-0.4, -0.2) is 38.9 Å². The summed E-state index contributed by atoms with van der Waals surface area (Å²) in [5.41, 5.74) is 2.14. The standard InChI is InChI=1S/C17H15ClO6/c1-8-4-5-11-9(6-8)13(18)10(7-23-11)14-12(16(19)22-3)15(21-2)17(20)24-14/h4-6,14H,7H2,1-3H3. The number of benzene rings is 1. The van der Waals surface area contributed by atoms with Crippen molar-refractivity contribution in [1.82, 2.24) is 0 Å². The quantitative estimate of drug-likeness (QED) is 0.779. The lowest BCUT2D eigenvalue weighted by Crippen LogP contribution is -2.26. The number of ether oxygens (including phenoxy) is 4. The average Bonchev–Trinajstić information content (AvgIpc) is 2.91. The van der Waals surface area contributed by atoms with Gasteiger partial charge in [-0.3, -0.25) is 0 Å². The van der Waals surface area contributed by atoms with Gasteiger partial charge in [0.05, 0.1) is 19.3 Å². The highest BCUT2D eigenvalue weighted by Crippen LogP contribution is 2.41. The van der Waals surface area contributed by atoms with E-state index in [0.717, 1.165) is 5.56 Å². The Balaban J connectivity index is 2.11. The predicted molar refractivity (Wildman–Crippen MR) is 85.4 cm³/mol. The van der Waals surface area contributed by atoms with E-state index >= 15 is 0 Å². The molecule has 126 valence electrons. The van der Waals surface area contributed by atoms with Gasteiger partial charge in [-0.15, -0.1) is 0 Å². The molecule has 0 N–H and O–H groups in total. The van der Waals surface area contributed by atoms with Gasteiger partial charge >= 0.3 is 11.9 Å². The Morgan fingerprint density at radius 2 is 2.08 bits per heavy atom. The molecule has 0 amide bonds. The lowest BCUT2D eigenvalue weighted by atomic mass is 9.97. The zero-order valence-electron chi connectivity index (χ0n) is 13.3. The number of methoxy groups -OCH3 is 2. The number of hydrogen-bond donors (Lipinski definition) is 0. The normalized spacial score (nSPS) is 19.7. The van der Waals surface area contributed by atoms with Gasteiger partial charge in [-0.1, -0.05) is 23.2 Å². The van der Waals surface area contributed by atoms with E-state index in [1.165, 1.54) is 14.2 Å². The molecule has 3 rings (SSSR count). The number of esters is 2.